The predicted octanol–water partition coefficient (Wildman–Crippen LogP) is 5.73. The lowest BCUT2D eigenvalue weighted by molar-refractivity contribution is -0.137. The highest BCUT2D eigenvalue weighted by Gasteiger charge is 2.30. The molecule has 3 rings (SSSR count). The van der Waals surface area contributed by atoms with Crippen LogP contribution in [0.2, 0.25) is 5.02 Å². The molecule has 128 valence electrons. The first kappa shape index (κ1) is 17.4. The van der Waals surface area contributed by atoms with Crippen molar-refractivity contribution >= 4 is 34.5 Å². The van der Waals surface area contributed by atoms with Crippen molar-refractivity contribution in [3.05, 3.63) is 70.2 Å². The van der Waals surface area contributed by atoms with Crippen LogP contribution in [0.15, 0.2) is 53.9 Å². The lowest BCUT2D eigenvalue weighted by Crippen LogP contribution is -2.13. The summed E-state index contributed by atoms with van der Waals surface area (Å²) < 4.78 is 38.1. The smallest absolute Gasteiger partial charge is 0.321 e. The van der Waals surface area contributed by atoms with E-state index in [9.17, 15) is 18.0 Å². The summed E-state index contributed by atoms with van der Waals surface area (Å²) in [5, 5.41) is 5.18. The van der Waals surface area contributed by atoms with E-state index in [1.165, 1.54) is 23.5 Å². The number of benzene rings is 2. The number of alkyl halides is 3. The quantitative estimate of drug-likeness (QED) is 0.628. The Bertz CT molecular complexity index is 907. The fourth-order valence-corrected chi connectivity index (χ4v) is 3.00. The van der Waals surface area contributed by atoms with Gasteiger partial charge in [0, 0.05) is 21.7 Å². The van der Waals surface area contributed by atoms with Crippen LogP contribution in [0, 0.1) is 0 Å². The highest BCUT2D eigenvalue weighted by atomic mass is 35.5. The molecule has 0 bridgehead atoms. The van der Waals surface area contributed by atoms with Gasteiger partial charge in [0.2, 0.25) is 0 Å². The van der Waals surface area contributed by atoms with Crippen molar-refractivity contribution in [1.82, 2.24) is 4.98 Å². The van der Waals surface area contributed by atoms with Gasteiger partial charge in [-0.3, -0.25) is 4.79 Å². The van der Waals surface area contributed by atoms with Crippen molar-refractivity contribution in [3.63, 3.8) is 0 Å². The van der Waals surface area contributed by atoms with E-state index in [1.807, 2.05) is 0 Å². The average molecular weight is 383 g/mol. The summed E-state index contributed by atoms with van der Waals surface area (Å²) >= 11 is 7.09. The Hall–Kier alpha value is -2.38. The Morgan fingerprint density at radius 3 is 2.52 bits per heavy atom. The molecule has 1 heterocycles. The first-order valence-electron chi connectivity index (χ1n) is 7.03. The maximum Gasteiger partial charge on any atom is 0.416 e. The molecule has 1 amide bonds. The summed E-state index contributed by atoms with van der Waals surface area (Å²) in [6.45, 7) is 0. The van der Waals surface area contributed by atoms with Crippen LogP contribution in [0.5, 0.6) is 0 Å². The number of hydrogen-bond donors (Lipinski definition) is 1. The average Bonchev–Trinajstić information content (AvgIpc) is 3.05. The van der Waals surface area contributed by atoms with Crippen LogP contribution in [0.3, 0.4) is 0 Å². The van der Waals surface area contributed by atoms with Crippen molar-refractivity contribution in [2.45, 2.75) is 6.18 Å². The molecular formula is C17H10ClF3N2OS. The summed E-state index contributed by atoms with van der Waals surface area (Å²) in [6.07, 6.45) is -4.47. The second kappa shape index (κ2) is 6.85. The third kappa shape index (κ3) is 4.18. The zero-order chi connectivity index (χ0) is 18.0. The van der Waals surface area contributed by atoms with Crippen LogP contribution in [0.25, 0.3) is 10.6 Å². The Morgan fingerprint density at radius 1 is 1.12 bits per heavy atom. The zero-order valence-electron chi connectivity index (χ0n) is 12.5. The van der Waals surface area contributed by atoms with Gasteiger partial charge >= 0.3 is 6.18 Å². The molecule has 1 aromatic heterocycles. The van der Waals surface area contributed by atoms with Crippen LogP contribution >= 0.6 is 22.9 Å². The van der Waals surface area contributed by atoms with Gasteiger partial charge in [-0.2, -0.15) is 13.2 Å². The highest BCUT2D eigenvalue weighted by Crippen LogP contribution is 2.31. The molecule has 0 saturated carbocycles. The molecule has 3 nitrogen and oxygen atoms in total. The third-order valence-electron chi connectivity index (χ3n) is 3.28. The molecule has 0 fully saturated rings. The maximum atomic E-state index is 12.7. The molecule has 0 aliphatic carbocycles. The number of hydrogen-bond acceptors (Lipinski definition) is 3. The van der Waals surface area contributed by atoms with Gasteiger partial charge in [-0.15, -0.1) is 11.3 Å². The van der Waals surface area contributed by atoms with Crippen molar-refractivity contribution in [2.75, 3.05) is 5.32 Å². The number of amides is 1. The van der Waals surface area contributed by atoms with E-state index in [0.717, 1.165) is 17.7 Å². The first-order chi connectivity index (χ1) is 11.8. The Balaban J connectivity index is 1.77. The van der Waals surface area contributed by atoms with E-state index in [2.05, 4.69) is 10.3 Å². The topological polar surface area (TPSA) is 42.0 Å². The fraction of sp³-hybridized carbons (Fsp3) is 0.0588. The summed E-state index contributed by atoms with van der Waals surface area (Å²) in [5.41, 5.74) is 0.158. The van der Waals surface area contributed by atoms with Crippen LogP contribution in [0.1, 0.15) is 16.1 Å². The molecule has 0 radical (unpaired) electrons. The van der Waals surface area contributed by atoms with Crippen LogP contribution in [-0.2, 0) is 6.18 Å². The second-order valence-corrected chi connectivity index (χ2v) is 6.37. The van der Waals surface area contributed by atoms with Gasteiger partial charge in [0.25, 0.3) is 5.91 Å². The minimum atomic E-state index is -4.47. The molecule has 0 aliphatic rings. The van der Waals surface area contributed by atoms with E-state index >= 15 is 0 Å². The summed E-state index contributed by atoms with van der Waals surface area (Å²) in [5.74, 6) is -0.573. The maximum absolute atomic E-state index is 12.7. The number of aromatic nitrogens is 1. The van der Waals surface area contributed by atoms with Gasteiger partial charge in [-0.25, -0.2) is 4.98 Å². The van der Waals surface area contributed by atoms with Gasteiger partial charge in [0.1, 0.15) is 10.7 Å². The Labute approximate surface area is 150 Å². The van der Waals surface area contributed by atoms with Gasteiger partial charge in [0.15, 0.2) is 0 Å². The summed E-state index contributed by atoms with van der Waals surface area (Å²) in [7, 11) is 0. The third-order valence-corrected chi connectivity index (χ3v) is 4.42. The van der Waals surface area contributed by atoms with Gasteiger partial charge < -0.3 is 5.32 Å². The van der Waals surface area contributed by atoms with E-state index in [4.69, 9.17) is 11.6 Å². The lowest BCUT2D eigenvalue weighted by atomic mass is 10.2. The standard InChI is InChI=1S/C17H10ClF3N2OS/c18-12-6-4-10(5-7-12)16-23-14(9-25-16)15(24)22-13-3-1-2-11(8-13)17(19,20)21/h1-9H,(H,22,24). The second-order valence-electron chi connectivity index (χ2n) is 5.08. The number of halogens is 4. The number of carbonyl (C=O) groups is 1. The normalized spacial score (nSPS) is 11.4. The number of carbonyl (C=O) groups excluding carboxylic acids is 1. The molecule has 0 atom stereocenters. The zero-order valence-corrected chi connectivity index (χ0v) is 14.0. The number of nitrogens with zero attached hydrogens (tertiary/aromatic N) is 1. The van der Waals surface area contributed by atoms with E-state index < -0.39 is 17.6 Å². The molecule has 0 aliphatic heterocycles. The molecule has 25 heavy (non-hydrogen) atoms. The molecule has 0 unspecified atom stereocenters. The number of nitrogens with one attached hydrogen (secondary N) is 1. The van der Waals surface area contributed by atoms with E-state index in [1.54, 1.807) is 29.6 Å². The number of thiazole rings is 1. The largest absolute Gasteiger partial charge is 0.416 e. The molecule has 0 spiro atoms. The fourth-order valence-electron chi connectivity index (χ4n) is 2.07. The minimum absolute atomic E-state index is 0.0564. The molecule has 8 heteroatoms. The lowest BCUT2D eigenvalue weighted by Gasteiger charge is -2.09. The van der Waals surface area contributed by atoms with Crippen LogP contribution in [-0.4, -0.2) is 10.9 Å². The predicted molar refractivity (Wildman–Crippen MR) is 92.0 cm³/mol. The number of rotatable bonds is 3. The van der Waals surface area contributed by atoms with Crippen molar-refractivity contribution in [1.29, 1.82) is 0 Å². The van der Waals surface area contributed by atoms with Gasteiger partial charge in [-0.1, -0.05) is 29.8 Å². The van der Waals surface area contributed by atoms with Gasteiger partial charge in [-0.05, 0) is 30.3 Å². The van der Waals surface area contributed by atoms with Crippen LogP contribution < -0.4 is 5.32 Å². The highest BCUT2D eigenvalue weighted by molar-refractivity contribution is 7.13. The Kier molecular flexibility index (Phi) is 4.78. The summed E-state index contributed by atoms with van der Waals surface area (Å²) in [6, 6.07) is 11.4. The Morgan fingerprint density at radius 2 is 1.84 bits per heavy atom. The monoisotopic (exact) mass is 382 g/mol. The van der Waals surface area contributed by atoms with E-state index in [-0.39, 0.29) is 11.4 Å². The first-order valence-corrected chi connectivity index (χ1v) is 8.29. The summed E-state index contributed by atoms with van der Waals surface area (Å²) in [4.78, 5) is 16.4. The number of anilines is 1. The van der Waals surface area contributed by atoms with E-state index in [0.29, 0.717) is 10.0 Å². The minimum Gasteiger partial charge on any atom is -0.321 e. The molecular weight excluding hydrogens is 373 g/mol. The van der Waals surface area contributed by atoms with Crippen molar-refractivity contribution < 1.29 is 18.0 Å². The van der Waals surface area contributed by atoms with Crippen molar-refractivity contribution in [3.8, 4) is 10.6 Å². The molecule has 1 N–H and O–H groups in total. The van der Waals surface area contributed by atoms with Gasteiger partial charge in [0.05, 0.1) is 5.56 Å². The van der Waals surface area contributed by atoms with Crippen molar-refractivity contribution in [2.24, 2.45) is 0 Å². The molecule has 0 saturated heterocycles. The molecule has 3 aromatic rings. The SMILES string of the molecule is O=C(Nc1cccc(C(F)(F)F)c1)c1csc(-c2ccc(Cl)cc2)n1. The van der Waals surface area contributed by atoms with Crippen LogP contribution in [0.4, 0.5) is 18.9 Å². The molecule has 2 aromatic carbocycles.